The molecule has 76 valence electrons. The molecule has 0 saturated heterocycles. The van der Waals surface area contributed by atoms with E-state index < -0.39 is 0 Å². The van der Waals surface area contributed by atoms with Gasteiger partial charge in [0.1, 0.15) is 0 Å². The van der Waals surface area contributed by atoms with Gasteiger partial charge in [-0.05, 0) is 19.4 Å². The summed E-state index contributed by atoms with van der Waals surface area (Å²) >= 11 is 3.21. The molecule has 0 spiro atoms. The molecule has 0 fully saturated rings. The largest absolute Gasteiger partial charge is 0.351 e. The van der Waals surface area contributed by atoms with Gasteiger partial charge < -0.3 is 5.32 Å². The number of carbonyl (C=O) groups excluding carboxylic acids is 1. The number of carbonyl (C=O) groups is 1. The van der Waals surface area contributed by atoms with Crippen LogP contribution in [0.15, 0.2) is 24.3 Å². The van der Waals surface area contributed by atoms with Crippen LogP contribution in [-0.4, -0.2) is 10.7 Å². The summed E-state index contributed by atoms with van der Waals surface area (Å²) in [6, 6.07) is 8.13. The van der Waals surface area contributed by atoms with Gasteiger partial charge in [-0.15, -0.1) is 0 Å². The highest BCUT2D eigenvalue weighted by atomic mass is 79.9. The van der Waals surface area contributed by atoms with Crippen molar-refractivity contribution in [3.05, 3.63) is 35.4 Å². The number of hydrogen-bond donors (Lipinski definition) is 1. The molecule has 0 aliphatic carbocycles. The van der Waals surface area contributed by atoms with E-state index in [1.165, 1.54) is 5.56 Å². The third-order valence-electron chi connectivity index (χ3n) is 1.95. The van der Waals surface area contributed by atoms with Crippen LogP contribution >= 0.6 is 15.9 Å². The van der Waals surface area contributed by atoms with Gasteiger partial charge in [0, 0.05) is 6.54 Å². The van der Waals surface area contributed by atoms with Gasteiger partial charge in [-0.1, -0.05) is 45.8 Å². The first-order chi connectivity index (χ1) is 6.59. The van der Waals surface area contributed by atoms with Crippen LogP contribution in [0.4, 0.5) is 0 Å². The van der Waals surface area contributed by atoms with Gasteiger partial charge in [0.05, 0.1) is 4.83 Å². The van der Waals surface area contributed by atoms with Crippen LogP contribution in [0.2, 0.25) is 0 Å². The number of aryl methyl sites for hydroxylation is 1. The maximum absolute atomic E-state index is 11.2. The molecule has 2 nitrogen and oxygen atoms in total. The zero-order valence-corrected chi connectivity index (χ0v) is 9.97. The summed E-state index contributed by atoms with van der Waals surface area (Å²) in [5.74, 6) is 0.0191. The van der Waals surface area contributed by atoms with E-state index in [-0.39, 0.29) is 10.7 Å². The molecule has 14 heavy (non-hydrogen) atoms. The van der Waals surface area contributed by atoms with Crippen LogP contribution in [0.5, 0.6) is 0 Å². The van der Waals surface area contributed by atoms with Crippen molar-refractivity contribution in [3.8, 4) is 0 Å². The molecular formula is C11H14BrNO. The quantitative estimate of drug-likeness (QED) is 0.826. The van der Waals surface area contributed by atoms with Gasteiger partial charge in [-0.25, -0.2) is 0 Å². The summed E-state index contributed by atoms with van der Waals surface area (Å²) in [5, 5.41) is 2.83. The Bertz CT molecular complexity index is 306. The number of halogens is 1. The van der Waals surface area contributed by atoms with Crippen LogP contribution in [0.1, 0.15) is 18.1 Å². The SMILES string of the molecule is Cc1ccc(CNC(=O)[C@H](C)Br)cc1. The lowest BCUT2D eigenvalue weighted by molar-refractivity contribution is -0.120. The normalized spacial score (nSPS) is 12.2. The number of hydrogen-bond acceptors (Lipinski definition) is 1. The number of rotatable bonds is 3. The predicted octanol–water partition coefficient (Wildman–Crippen LogP) is 2.39. The van der Waals surface area contributed by atoms with Crippen LogP contribution in [0, 0.1) is 6.92 Å². The number of benzene rings is 1. The van der Waals surface area contributed by atoms with Gasteiger partial charge in [0.15, 0.2) is 0 Å². The summed E-state index contributed by atoms with van der Waals surface area (Å²) < 4.78 is 0. The Morgan fingerprint density at radius 2 is 2.00 bits per heavy atom. The lowest BCUT2D eigenvalue weighted by Gasteiger charge is -2.06. The third-order valence-corrected chi connectivity index (χ3v) is 2.36. The molecule has 1 rings (SSSR count). The molecule has 1 aromatic carbocycles. The fraction of sp³-hybridized carbons (Fsp3) is 0.364. The highest BCUT2D eigenvalue weighted by molar-refractivity contribution is 9.10. The van der Waals surface area contributed by atoms with E-state index in [9.17, 15) is 4.79 Å². The fourth-order valence-electron chi connectivity index (χ4n) is 1.04. The molecule has 1 aromatic rings. The highest BCUT2D eigenvalue weighted by Crippen LogP contribution is 2.03. The molecule has 0 aromatic heterocycles. The Balaban J connectivity index is 2.46. The van der Waals surface area contributed by atoms with Crippen molar-refractivity contribution >= 4 is 21.8 Å². The molecule has 3 heteroatoms. The maximum Gasteiger partial charge on any atom is 0.233 e. The van der Waals surface area contributed by atoms with Crippen molar-refractivity contribution in [2.75, 3.05) is 0 Å². The minimum atomic E-state index is -0.132. The monoisotopic (exact) mass is 255 g/mol. The molecule has 0 radical (unpaired) electrons. The molecule has 0 aliphatic heterocycles. The summed E-state index contributed by atoms with van der Waals surface area (Å²) in [6.45, 7) is 4.45. The maximum atomic E-state index is 11.2. The van der Waals surface area contributed by atoms with Crippen molar-refractivity contribution in [3.63, 3.8) is 0 Å². The number of amides is 1. The molecule has 1 atom stereocenters. The average molecular weight is 256 g/mol. The molecule has 0 unspecified atom stereocenters. The van der Waals surface area contributed by atoms with E-state index in [1.807, 2.05) is 38.1 Å². The van der Waals surface area contributed by atoms with Crippen molar-refractivity contribution in [1.82, 2.24) is 5.32 Å². The summed E-state index contributed by atoms with van der Waals surface area (Å²) in [4.78, 5) is 11.1. The molecule has 0 heterocycles. The second-order valence-corrected chi connectivity index (χ2v) is 4.69. The highest BCUT2D eigenvalue weighted by Gasteiger charge is 2.06. The fourth-order valence-corrected chi connectivity index (χ4v) is 1.20. The Labute approximate surface area is 92.8 Å². The summed E-state index contributed by atoms with van der Waals surface area (Å²) in [6.07, 6.45) is 0. The first kappa shape index (κ1) is 11.2. The second kappa shape index (κ2) is 5.15. The van der Waals surface area contributed by atoms with Gasteiger partial charge in [-0.2, -0.15) is 0 Å². The molecule has 0 aliphatic rings. The zero-order chi connectivity index (χ0) is 10.6. The van der Waals surface area contributed by atoms with Crippen molar-refractivity contribution in [2.45, 2.75) is 25.2 Å². The zero-order valence-electron chi connectivity index (χ0n) is 8.38. The van der Waals surface area contributed by atoms with E-state index in [0.29, 0.717) is 6.54 Å². The summed E-state index contributed by atoms with van der Waals surface area (Å²) in [5.41, 5.74) is 2.35. The van der Waals surface area contributed by atoms with Crippen molar-refractivity contribution in [2.24, 2.45) is 0 Å². The molecule has 1 amide bonds. The van der Waals surface area contributed by atoms with Gasteiger partial charge in [0.2, 0.25) is 5.91 Å². The first-order valence-electron chi connectivity index (χ1n) is 4.57. The Morgan fingerprint density at radius 3 is 2.50 bits per heavy atom. The molecule has 0 bridgehead atoms. The second-order valence-electron chi connectivity index (χ2n) is 3.32. The Kier molecular flexibility index (Phi) is 4.14. The summed E-state index contributed by atoms with van der Waals surface area (Å²) in [7, 11) is 0. The van der Waals surface area contributed by atoms with Gasteiger partial charge in [0.25, 0.3) is 0 Å². The lowest BCUT2D eigenvalue weighted by Crippen LogP contribution is -2.28. The minimum Gasteiger partial charge on any atom is -0.351 e. The van der Waals surface area contributed by atoms with E-state index in [1.54, 1.807) is 0 Å². The third kappa shape index (κ3) is 3.50. The average Bonchev–Trinajstić information content (AvgIpc) is 2.16. The smallest absolute Gasteiger partial charge is 0.233 e. The van der Waals surface area contributed by atoms with Gasteiger partial charge >= 0.3 is 0 Å². The standard InChI is InChI=1S/C11H14BrNO/c1-8-3-5-10(6-4-8)7-13-11(14)9(2)12/h3-6,9H,7H2,1-2H3,(H,13,14)/t9-/m0/s1. The molecule has 0 saturated carbocycles. The Morgan fingerprint density at radius 1 is 1.43 bits per heavy atom. The van der Waals surface area contributed by atoms with E-state index in [2.05, 4.69) is 21.2 Å². The number of alkyl halides is 1. The Hall–Kier alpha value is -0.830. The first-order valence-corrected chi connectivity index (χ1v) is 5.48. The van der Waals surface area contributed by atoms with Crippen molar-refractivity contribution in [1.29, 1.82) is 0 Å². The molecule has 1 N–H and O–H groups in total. The predicted molar refractivity (Wildman–Crippen MR) is 61.4 cm³/mol. The van der Waals surface area contributed by atoms with Crippen LogP contribution in [0.25, 0.3) is 0 Å². The molecular weight excluding hydrogens is 242 g/mol. The van der Waals surface area contributed by atoms with Crippen LogP contribution < -0.4 is 5.32 Å². The van der Waals surface area contributed by atoms with Crippen LogP contribution in [0.3, 0.4) is 0 Å². The van der Waals surface area contributed by atoms with Crippen molar-refractivity contribution < 1.29 is 4.79 Å². The van der Waals surface area contributed by atoms with Gasteiger partial charge in [-0.3, -0.25) is 4.79 Å². The van der Waals surface area contributed by atoms with E-state index in [4.69, 9.17) is 0 Å². The minimum absolute atomic E-state index is 0.0191. The topological polar surface area (TPSA) is 29.1 Å². The van der Waals surface area contributed by atoms with E-state index in [0.717, 1.165) is 5.56 Å². The van der Waals surface area contributed by atoms with Crippen LogP contribution in [-0.2, 0) is 11.3 Å². The van der Waals surface area contributed by atoms with E-state index >= 15 is 0 Å². The lowest BCUT2D eigenvalue weighted by atomic mass is 10.1. The number of nitrogens with one attached hydrogen (secondary N) is 1.